The molecule has 0 amide bonds. The summed E-state index contributed by atoms with van der Waals surface area (Å²) in [4.78, 5) is 2.40. The van der Waals surface area contributed by atoms with Gasteiger partial charge in [0.2, 0.25) is 0 Å². The molecule has 16 heavy (non-hydrogen) atoms. The van der Waals surface area contributed by atoms with E-state index in [0.717, 1.165) is 26.1 Å². The molecule has 1 aliphatic rings. The molecule has 1 N–H and O–H groups in total. The van der Waals surface area contributed by atoms with Gasteiger partial charge in [-0.1, -0.05) is 20.8 Å². The van der Waals surface area contributed by atoms with Gasteiger partial charge in [-0.3, -0.25) is 4.90 Å². The minimum absolute atomic E-state index is 0.0104. The summed E-state index contributed by atoms with van der Waals surface area (Å²) in [6.07, 6.45) is 1.26. The number of morpholine rings is 1. The highest BCUT2D eigenvalue weighted by Gasteiger charge is 2.25. The molecule has 3 nitrogen and oxygen atoms in total. The Morgan fingerprint density at radius 3 is 2.19 bits per heavy atom. The van der Waals surface area contributed by atoms with Crippen LogP contribution in [0.25, 0.3) is 0 Å². The minimum Gasteiger partial charge on any atom is -0.393 e. The highest BCUT2D eigenvalue weighted by molar-refractivity contribution is 4.77. The summed E-state index contributed by atoms with van der Waals surface area (Å²) in [7, 11) is 0. The van der Waals surface area contributed by atoms with Crippen LogP contribution in [-0.4, -0.2) is 48.0 Å². The van der Waals surface area contributed by atoms with E-state index in [1.165, 1.54) is 0 Å². The number of rotatable bonds is 3. The van der Waals surface area contributed by atoms with Crippen molar-refractivity contribution in [2.24, 2.45) is 5.41 Å². The first-order valence-corrected chi connectivity index (χ1v) is 6.35. The highest BCUT2D eigenvalue weighted by atomic mass is 16.5. The molecule has 1 saturated heterocycles. The third-order valence-electron chi connectivity index (χ3n) is 3.21. The molecule has 0 spiro atoms. The molecular formula is C13H27NO2. The van der Waals surface area contributed by atoms with Crippen molar-refractivity contribution in [1.29, 1.82) is 0 Å². The van der Waals surface area contributed by atoms with Gasteiger partial charge in [-0.05, 0) is 25.7 Å². The van der Waals surface area contributed by atoms with Crippen LogP contribution < -0.4 is 0 Å². The molecule has 3 heteroatoms. The fraction of sp³-hybridized carbons (Fsp3) is 1.00. The summed E-state index contributed by atoms with van der Waals surface area (Å²) in [6, 6.07) is 0. The third kappa shape index (κ3) is 4.40. The van der Waals surface area contributed by atoms with Gasteiger partial charge in [-0.25, -0.2) is 0 Å². The second-order valence-electron chi connectivity index (χ2n) is 6.19. The number of hydrogen-bond donors (Lipinski definition) is 1. The Kier molecular flexibility index (Phi) is 4.77. The number of nitrogens with zero attached hydrogens (tertiary/aromatic N) is 1. The fourth-order valence-corrected chi connectivity index (χ4v) is 2.20. The maximum atomic E-state index is 9.99. The molecule has 0 saturated carbocycles. The number of ether oxygens (including phenoxy) is 1. The van der Waals surface area contributed by atoms with Crippen molar-refractivity contribution >= 4 is 0 Å². The van der Waals surface area contributed by atoms with E-state index in [4.69, 9.17) is 4.74 Å². The Labute approximate surface area is 99.8 Å². The van der Waals surface area contributed by atoms with Crippen LogP contribution >= 0.6 is 0 Å². The lowest BCUT2D eigenvalue weighted by molar-refractivity contribution is -0.0724. The van der Waals surface area contributed by atoms with Crippen molar-refractivity contribution in [1.82, 2.24) is 4.90 Å². The van der Waals surface area contributed by atoms with E-state index in [0.29, 0.717) is 12.2 Å². The largest absolute Gasteiger partial charge is 0.393 e. The summed E-state index contributed by atoms with van der Waals surface area (Å²) in [5, 5.41) is 9.99. The zero-order valence-corrected chi connectivity index (χ0v) is 11.4. The molecule has 1 rings (SSSR count). The third-order valence-corrected chi connectivity index (χ3v) is 3.21. The van der Waals surface area contributed by atoms with Crippen LogP contribution in [0.3, 0.4) is 0 Å². The maximum Gasteiger partial charge on any atom is 0.0678 e. The molecule has 0 aromatic rings. The molecule has 0 bridgehead atoms. The zero-order chi connectivity index (χ0) is 12.3. The molecule has 1 heterocycles. The van der Waals surface area contributed by atoms with Crippen LogP contribution in [0.2, 0.25) is 0 Å². The van der Waals surface area contributed by atoms with Crippen molar-refractivity contribution in [3.05, 3.63) is 0 Å². The molecule has 0 radical (unpaired) electrons. The Hall–Kier alpha value is -0.120. The van der Waals surface area contributed by atoms with Crippen LogP contribution in [0.4, 0.5) is 0 Å². The van der Waals surface area contributed by atoms with E-state index in [1.54, 1.807) is 0 Å². The maximum absolute atomic E-state index is 9.99. The Morgan fingerprint density at radius 2 is 1.75 bits per heavy atom. The van der Waals surface area contributed by atoms with Crippen LogP contribution in [0.15, 0.2) is 0 Å². The van der Waals surface area contributed by atoms with E-state index in [9.17, 15) is 5.11 Å². The quantitative estimate of drug-likeness (QED) is 0.802. The molecule has 1 fully saturated rings. The number of hydrogen-bond acceptors (Lipinski definition) is 3. The molecule has 0 aromatic carbocycles. The molecule has 0 aromatic heterocycles. The van der Waals surface area contributed by atoms with Gasteiger partial charge < -0.3 is 9.84 Å². The molecule has 3 atom stereocenters. The van der Waals surface area contributed by atoms with Crippen LogP contribution in [0.5, 0.6) is 0 Å². The predicted octanol–water partition coefficient (Wildman–Crippen LogP) is 1.89. The zero-order valence-electron chi connectivity index (χ0n) is 11.4. The molecule has 3 unspecified atom stereocenters. The first kappa shape index (κ1) is 13.9. The fourth-order valence-electron chi connectivity index (χ4n) is 2.20. The summed E-state index contributed by atoms with van der Waals surface area (Å²) >= 11 is 0. The van der Waals surface area contributed by atoms with Crippen LogP contribution in [-0.2, 0) is 4.74 Å². The van der Waals surface area contributed by atoms with Gasteiger partial charge in [-0.2, -0.15) is 0 Å². The van der Waals surface area contributed by atoms with Gasteiger partial charge >= 0.3 is 0 Å². The van der Waals surface area contributed by atoms with Gasteiger partial charge in [0.1, 0.15) is 0 Å². The summed E-state index contributed by atoms with van der Waals surface area (Å²) in [5.74, 6) is 0. The Morgan fingerprint density at radius 1 is 1.25 bits per heavy atom. The summed E-state index contributed by atoms with van der Waals surface area (Å²) in [5.41, 5.74) is -0.0104. The van der Waals surface area contributed by atoms with Crippen molar-refractivity contribution in [3.63, 3.8) is 0 Å². The highest BCUT2D eigenvalue weighted by Crippen LogP contribution is 2.22. The van der Waals surface area contributed by atoms with E-state index in [1.807, 2.05) is 0 Å². The second kappa shape index (κ2) is 5.48. The van der Waals surface area contributed by atoms with Crippen LogP contribution in [0.1, 0.15) is 41.0 Å². The van der Waals surface area contributed by atoms with Crippen molar-refractivity contribution in [2.45, 2.75) is 59.4 Å². The SMILES string of the molecule is CC1CN(CCC(O)C(C)(C)C)CC(C)O1. The number of aliphatic hydroxyl groups excluding tert-OH is 1. The van der Waals surface area contributed by atoms with E-state index >= 15 is 0 Å². The summed E-state index contributed by atoms with van der Waals surface area (Å²) < 4.78 is 5.69. The van der Waals surface area contributed by atoms with Gasteiger partial charge in [0.15, 0.2) is 0 Å². The van der Waals surface area contributed by atoms with E-state index in [2.05, 4.69) is 39.5 Å². The second-order valence-corrected chi connectivity index (χ2v) is 6.19. The van der Waals surface area contributed by atoms with E-state index in [-0.39, 0.29) is 11.5 Å². The minimum atomic E-state index is -0.221. The van der Waals surface area contributed by atoms with Crippen LogP contribution in [0, 0.1) is 5.41 Å². The molecular weight excluding hydrogens is 202 g/mol. The van der Waals surface area contributed by atoms with Crippen molar-refractivity contribution < 1.29 is 9.84 Å². The van der Waals surface area contributed by atoms with Gasteiger partial charge in [0.05, 0.1) is 18.3 Å². The standard InChI is InChI=1S/C13H27NO2/c1-10-8-14(9-11(2)16-10)7-6-12(15)13(3,4)5/h10-12,15H,6-9H2,1-5H3. The van der Waals surface area contributed by atoms with Gasteiger partial charge in [0.25, 0.3) is 0 Å². The molecule has 0 aliphatic carbocycles. The van der Waals surface area contributed by atoms with E-state index < -0.39 is 0 Å². The van der Waals surface area contributed by atoms with Crippen molar-refractivity contribution in [2.75, 3.05) is 19.6 Å². The predicted molar refractivity (Wildman–Crippen MR) is 66.5 cm³/mol. The monoisotopic (exact) mass is 229 g/mol. The average Bonchev–Trinajstić information content (AvgIpc) is 2.11. The first-order valence-electron chi connectivity index (χ1n) is 6.35. The van der Waals surface area contributed by atoms with Gasteiger partial charge in [-0.15, -0.1) is 0 Å². The summed E-state index contributed by atoms with van der Waals surface area (Å²) in [6.45, 7) is 13.4. The number of aliphatic hydroxyl groups is 1. The molecule has 1 aliphatic heterocycles. The topological polar surface area (TPSA) is 32.7 Å². The lowest BCUT2D eigenvalue weighted by Gasteiger charge is -2.36. The Balaban J connectivity index is 2.32. The lowest BCUT2D eigenvalue weighted by Crippen LogP contribution is -2.46. The lowest BCUT2D eigenvalue weighted by atomic mass is 9.87. The smallest absolute Gasteiger partial charge is 0.0678 e. The average molecular weight is 229 g/mol. The van der Waals surface area contributed by atoms with Gasteiger partial charge in [0, 0.05) is 19.6 Å². The normalized spacial score (nSPS) is 30.4. The molecule has 96 valence electrons. The van der Waals surface area contributed by atoms with Crippen molar-refractivity contribution in [3.8, 4) is 0 Å². The first-order chi connectivity index (χ1) is 7.29. The Bertz CT molecular complexity index is 202.